The Hall–Kier alpha value is -4.00. The van der Waals surface area contributed by atoms with Crippen LogP contribution >= 0.6 is 0 Å². The number of Topliss-reactive ketones (excluding diaryl/α,β-unsaturated/α-hetero) is 1. The highest BCUT2D eigenvalue weighted by atomic mass is 19.1. The lowest BCUT2D eigenvalue weighted by Gasteiger charge is -2.25. The van der Waals surface area contributed by atoms with E-state index >= 15 is 0 Å². The van der Waals surface area contributed by atoms with E-state index in [4.69, 9.17) is 4.74 Å². The lowest BCUT2D eigenvalue weighted by atomic mass is 9.94. The monoisotopic (exact) mass is 449 g/mol. The maximum Gasteiger partial charge on any atom is 0.300 e. The summed E-state index contributed by atoms with van der Waals surface area (Å²) < 4.78 is 34.5. The van der Waals surface area contributed by atoms with Crippen molar-refractivity contribution in [1.82, 2.24) is 0 Å². The highest BCUT2D eigenvalue weighted by Crippen LogP contribution is 2.43. The highest BCUT2D eigenvalue weighted by molar-refractivity contribution is 6.51. The third-order valence-electron chi connectivity index (χ3n) is 5.21. The van der Waals surface area contributed by atoms with Crippen molar-refractivity contribution in [3.8, 4) is 5.75 Å². The first-order valence-corrected chi connectivity index (χ1v) is 10.4. The van der Waals surface area contributed by atoms with Crippen molar-refractivity contribution in [2.24, 2.45) is 0 Å². The van der Waals surface area contributed by atoms with E-state index in [-0.39, 0.29) is 28.5 Å². The number of ether oxygens (including phenoxy) is 1. The standard InChI is InChI=1S/C26H21F2NO4/c1-15(2)33-19-10-5-7-16(13-19)24(30)22-23(20-11-3-4-12-21(20)28)29(26(32)25(22)31)18-9-6-8-17(27)14-18/h3-15,23,30H,1-2H3/b24-22+. The molecule has 0 bridgehead atoms. The van der Waals surface area contributed by atoms with Crippen LogP contribution in [0.4, 0.5) is 14.5 Å². The number of carbonyl (C=O) groups is 2. The Labute approximate surface area is 189 Å². The second-order valence-electron chi connectivity index (χ2n) is 7.86. The van der Waals surface area contributed by atoms with Gasteiger partial charge in [-0.3, -0.25) is 14.5 Å². The molecule has 1 heterocycles. The third kappa shape index (κ3) is 4.22. The number of rotatable bonds is 5. The first kappa shape index (κ1) is 22.2. The minimum atomic E-state index is -1.29. The molecule has 1 fully saturated rings. The molecule has 0 aromatic heterocycles. The Bertz CT molecular complexity index is 1270. The minimum absolute atomic E-state index is 0.00269. The molecule has 0 saturated carbocycles. The van der Waals surface area contributed by atoms with Gasteiger partial charge in [0.1, 0.15) is 23.1 Å². The van der Waals surface area contributed by atoms with Crippen molar-refractivity contribution in [2.75, 3.05) is 4.90 Å². The second kappa shape index (κ2) is 8.86. The van der Waals surface area contributed by atoms with Crippen LogP contribution in [0, 0.1) is 11.6 Å². The Morgan fingerprint density at radius 2 is 1.70 bits per heavy atom. The Morgan fingerprint density at radius 3 is 2.39 bits per heavy atom. The maximum absolute atomic E-state index is 14.9. The number of anilines is 1. The topological polar surface area (TPSA) is 66.8 Å². The Balaban J connectivity index is 1.93. The predicted molar refractivity (Wildman–Crippen MR) is 120 cm³/mol. The number of carbonyl (C=O) groups excluding carboxylic acids is 2. The fraction of sp³-hybridized carbons (Fsp3) is 0.154. The molecule has 5 nitrogen and oxygen atoms in total. The van der Waals surface area contributed by atoms with Crippen molar-refractivity contribution in [2.45, 2.75) is 26.0 Å². The summed E-state index contributed by atoms with van der Waals surface area (Å²) in [4.78, 5) is 27.1. The molecule has 0 spiro atoms. The van der Waals surface area contributed by atoms with E-state index < -0.39 is 35.1 Å². The van der Waals surface area contributed by atoms with Gasteiger partial charge in [-0.05, 0) is 50.2 Å². The SMILES string of the molecule is CC(C)Oc1cccc(/C(O)=C2\C(=O)C(=O)N(c3cccc(F)c3)C2c2ccccc2F)c1. The molecule has 33 heavy (non-hydrogen) atoms. The molecule has 0 aliphatic carbocycles. The molecule has 4 rings (SSSR count). The van der Waals surface area contributed by atoms with Gasteiger partial charge in [0.05, 0.1) is 17.7 Å². The number of aliphatic hydroxyl groups is 1. The van der Waals surface area contributed by atoms with E-state index in [1.807, 2.05) is 13.8 Å². The summed E-state index contributed by atoms with van der Waals surface area (Å²) in [5.74, 6) is -3.32. The zero-order valence-electron chi connectivity index (χ0n) is 18.0. The van der Waals surface area contributed by atoms with Crippen LogP contribution < -0.4 is 9.64 Å². The van der Waals surface area contributed by atoms with Crippen molar-refractivity contribution in [1.29, 1.82) is 0 Å². The van der Waals surface area contributed by atoms with Gasteiger partial charge in [-0.25, -0.2) is 8.78 Å². The quantitative estimate of drug-likeness (QED) is 0.323. The van der Waals surface area contributed by atoms with E-state index in [1.54, 1.807) is 24.3 Å². The van der Waals surface area contributed by atoms with E-state index in [0.29, 0.717) is 5.75 Å². The van der Waals surface area contributed by atoms with E-state index in [0.717, 1.165) is 11.0 Å². The molecule has 3 aromatic carbocycles. The number of benzene rings is 3. The molecular weight excluding hydrogens is 428 g/mol. The van der Waals surface area contributed by atoms with E-state index in [9.17, 15) is 23.5 Å². The molecule has 168 valence electrons. The van der Waals surface area contributed by atoms with Crippen molar-refractivity contribution < 1.29 is 28.2 Å². The van der Waals surface area contributed by atoms with Crippen LogP contribution in [-0.4, -0.2) is 22.9 Å². The fourth-order valence-corrected chi connectivity index (χ4v) is 3.86. The summed E-state index contributed by atoms with van der Waals surface area (Å²) in [6.45, 7) is 3.68. The maximum atomic E-state index is 14.9. The zero-order valence-corrected chi connectivity index (χ0v) is 18.0. The highest BCUT2D eigenvalue weighted by Gasteiger charge is 2.47. The fourth-order valence-electron chi connectivity index (χ4n) is 3.86. The summed E-state index contributed by atoms with van der Waals surface area (Å²) in [5.41, 5.74) is 0.00109. The summed E-state index contributed by atoms with van der Waals surface area (Å²) in [6, 6.07) is 15.9. The molecule has 1 aliphatic rings. The van der Waals surface area contributed by atoms with Crippen molar-refractivity contribution in [3.63, 3.8) is 0 Å². The third-order valence-corrected chi connectivity index (χ3v) is 5.21. The molecule has 1 saturated heterocycles. The summed E-state index contributed by atoms with van der Waals surface area (Å²) in [7, 11) is 0. The molecule has 7 heteroatoms. The predicted octanol–water partition coefficient (Wildman–Crippen LogP) is 5.38. The van der Waals surface area contributed by atoms with Gasteiger partial charge in [0, 0.05) is 16.8 Å². The van der Waals surface area contributed by atoms with Crippen LogP contribution in [0.1, 0.15) is 31.0 Å². The number of amides is 1. The Kier molecular flexibility index (Phi) is 5.96. The van der Waals surface area contributed by atoms with Gasteiger partial charge in [-0.2, -0.15) is 0 Å². The van der Waals surface area contributed by atoms with Crippen LogP contribution in [0.5, 0.6) is 5.75 Å². The average molecular weight is 449 g/mol. The molecule has 0 radical (unpaired) electrons. The number of hydrogen-bond acceptors (Lipinski definition) is 4. The number of ketones is 1. The van der Waals surface area contributed by atoms with E-state index in [1.165, 1.54) is 42.5 Å². The molecule has 1 atom stereocenters. The van der Waals surface area contributed by atoms with Gasteiger partial charge in [0.25, 0.3) is 11.7 Å². The largest absolute Gasteiger partial charge is 0.507 e. The van der Waals surface area contributed by atoms with Crippen LogP contribution in [0.2, 0.25) is 0 Å². The number of hydrogen-bond donors (Lipinski definition) is 1. The van der Waals surface area contributed by atoms with Crippen LogP contribution in [0.25, 0.3) is 5.76 Å². The number of aliphatic hydroxyl groups excluding tert-OH is 1. The van der Waals surface area contributed by atoms with Gasteiger partial charge < -0.3 is 9.84 Å². The summed E-state index contributed by atoms with van der Waals surface area (Å²) >= 11 is 0. The molecule has 1 aliphatic heterocycles. The average Bonchev–Trinajstić information content (AvgIpc) is 3.04. The normalized spacial score (nSPS) is 17.6. The minimum Gasteiger partial charge on any atom is -0.507 e. The molecule has 3 aromatic rings. The lowest BCUT2D eigenvalue weighted by Crippen LogP contribution is -2.30. The van der Waals surface area contributed by atoms with Gasteiger partial charge in [-0.1, -0.05) is 36.4 Å². The molecule has 1 amide bonds. The first-order chi connectivity index (χ1) is 15.8. The zero-order chi connectivity index (χ0) is 23.7. The van der Waals surface area contributed by atoms with Gasteiger partial charge in [0.2, 0.25) is 0 Å². The van der Waals surface area contributed by atoms with Crippen LogP contribution in [-0.2, 0) is 9.59 Å². The molecule has 1 N–H and O–H groups in total. The number of halogens is 2. The van der Waals surface area contributed by atoms with Crippen molar-refractivity contribution in [3.05, 3.63) is 101 Å². The van der Waals surface area contributed by atoms with E-state index in [2.05, 4.69) is 0 Å². The molecular formula is C26H21F2NO4. The van der Waals surface area contributed by atoms with Crippen LogP contribution in [0.3, 0.4) is 0 Å². The number of nitrogens with zero attached hydrogens (tertiary/aromatic N) is 1. The first-order valence-electron chi connectivity index (χ1n) is 10.4. The summed E-state index contributed by atoms with van der Waals surface area (Å²) in [6.07, 6.45) is -0.126. The summed E-state index contributed by atoms with van der Waals surface area (Å²) in [5, 5.41) is 11.1. The van der Waals surface area contributed by atoms with Gasteiger partial charge >= 0.3 is 0 Å². The van der Waals surface area contributed by atoms with Gasteiger partial charge in [0.15, 0.2) is 0 Å². The lowest BCUT2D eigenvalue weighted by molar-refractivity contribution is -0.132. The van der Waals surface area contributed by atoms with Crippen molar-refractivity contribution >= 4 is 23.1 Å². The smallest absolute Gasteiger partial charge is 0.300 e. The van der Waals surface area contributed by atoms with Gasteiger partial charge in [-0.15, -0.1) is 0 Å². The Morgan fingerprint density at radius 1 is 0.970 bits per heavy atom. The molecule has 1 unspecified atom stereocenters. The van der Waals surface area contributed by atoms with Crippen LogP contribution in [0.15, 0.2) is 78.4 Å². The second-order valence-corrected chi connectivity index (χ2v) is 7.86.